The molecular weight excluding hydrogens is 426 g/mol. The number of hydrogen-bond acceptors (Lipinski definition) is 4. The predicted octanol–water partition coefficient (Wildman–Crippen LogP) is 5.20. The van der Waals surface area contributed by atoms with Gasteiger partial charge in [-0.05, 0) is 55.3 Å². The molecule has 158 valence electrons. The third kappa shape index (κ3) is 3.89. The number of aryl methyl sites for hydroxylation is 2. The maximum atomic E-state index is 14.4. The molecule has 0 spiro atoms. The molecule has 2 aromatic carbocycles. The van der Waals surface area contributed by atoms with E-state index in [0.29, 0.717) is 16.3 Å². The van der Waals surface area contributed by atoms with Crippen molar-refractivity contribution in [2.45, 2.75) is 20.5 Å². The Morgan fingerprint density at radius 3 is 2.45 bits per heavy atom. The smallest absolute Gasteiger partial charge is 0.255 e. The fourth-order valence-electron chi connectivity index (χ4n) is 3.57. The number of hydrogen-bond donors (Lipinski definition) is 1. The maximum absolute atomic E-state index is 14.4. The Hall–Kier alpha value is -3.29. The fourth-order valence-corrected chi connectivity index (χ4v) is 3.90. The van der Waals surface area contributed by atoms with Gasteiger partial charge in [-0.25, -0.2) is 13.8 Å². The predicted molar refractivity (Wildman–Crippen MR) is 113 cm³/mol. The van der Waals surface area contributed by atoms with Crippen LogP contribution in [0.5, 0.6) is 0 Å². The van der Waals surface area contributed by atoms with Gasteiger partial charge in [-0.2, -0.15) is 0 Å². The zero-order chi connectivity index (χ0) is 22.3. The van der Waals surface area contributed by atoms with E-state index in [0.717, 1.165) is 23.3 Å². The summed E-state index contributed by atoms with van der Waals surface area (Å²) >= 11 is 6.11. The van der Waals surface area contributed by atoms with Gasteiger partial charge in [0, 0.05) is 28.9 Å². The lowest BCUT2D eigenvalue weighted by Gasteiger charge is -2.14. The van der Waals surface area contributed by atoms with E-state index in [9.17, 15) is 18.7 Å². The molecule has 0 amide bonds. The first-order valence-electron chi connectivity index (χ1n) is 9.34. The number of nitrogens with zero attached hydrogens (tertiary/aromatic N) is 2. The molecule has 0 saturated carbocycles. The molecule has 4 aromatic rings. The van der Waals surface area contributed by atoms with Crippen LogP contribution in [-0.4, -0.2) is 14.7 Å². The van der Waals surface area contributed by atoms with Crippen molar-refractivity contribution in [3.8, 4) is 28.3 Å². The van der Waals surface area contributed by atoms with Gasteiger partial charge in [0.1, 0.15) is 23.9 Å². The van der Waals surface area contributed by atoms with Crippen molar-refractivity contribution in [1.82, 2.24) is 9.55 Å². The summed E-state index contributed by atoms with van der Waals surface area (Å²) in [6, 6.07) is 9.47. The van der Waals surface area contributed by atoms with Crippen molar-refractivity contribution in [2.75, 3.05) is 0 Å². The molecule has 31 heavy (non-hydrogen) atoms. The Morgan fingerprint density at radius 2 is 1.81 bits per heavy atom. The second kappa shape index (κ2) is 8.09. The van der Waals surface area contributed by atoms with Gasteiger partial charge in [-0.15, -0.1) is 0 Å². The van der Waals surface area contributed by atoms with E-state index in [-0.39, 0.29) is 28.5 Å². The van der Waals surface area contributed by atoms with E-state index in [1.54, 1.807) is 18.3 Å². The first-order chi connectivity index (χ1) is 14.8. The molecule has 5 nitrogen and oxygen atoms in total. The van der Waals surface area contributed by atoms with Gasteiger partial charge < -0.3 is 9.52 Å². The van der Waals surface area contributed by atoms with Crippen LogP contribution in [0.25, 0.3) is 28.3 Å². The Bertz CT molecular complexity index is 1340. The summed E-state index contributed by atoms with van der Waals surface area (Å²) in [5.74, 6) is -1.58. The van der Waals surface area contributed by atoms with E-state index in [1.165, 1.54) is 22.8 Å². The molecule has 0 atom stereocenters. The fraction of sp³-hybridized carbons (Fsp3) is 0.130. The van der Waals surface area contributed by atoms with E-state index >= 15 is 0 Å². The number of rotatable bonds is 4. The van der Waals surface area contributed by atoms with Gasteiger partial charge in [-0.3, -0.25) is 9.36 Å². The number of aliphatic hydroxyl groups excluding tert-OH is 1. The molecule has 0 aliphatic heterocycles. The molecule has 0 fully saturated rings. The van der Waals surface area contributed by atoms with Gasteiger partial charge in [0.15, 0.2) is 5.76 Å². The van der Waals surface area contributed by atoms with Crippen molar-refractivity contribution in [3.63, 3.8) is 0 Å². The number of halogens is 3. The molecule has 0 aliphatic rings. The van der Waals surface area contributed by atoms with Crippen molar-refractivity contribution in [1.29, 1.82) is 0 Å². The lowest BCUT2D eigenvalue weighted by atomic mass is 10.1. The Labute approximate surface area is 181 Å². The molecule has 0 unspecified atom stereocenters. The topological polar surface area (TPSA) is 68.3 Å². The second-order valence-corrected chi connectivity index (χ2v) is 7.52. The van der Waals surface area contributed by atoms with Gasteiger partial charge >= 0.3 is 0 Å². The standard InChI is InChI=1S/C23H17ClF2N2O3/c1-12-7-15(24)8-13(2)22(12)28-10-14(3-6-20(28)30)21-23(31-19(11-29)27-21)17-5-4-16(25)9-18(17)26/h3-10,29H,11H2,1-2H3. The van der Waals surface area contributed by atoms with Gasteiger partial charge in [-0.1, -0.05) is 11.6 Å². The number of benzene rings is 2. The molecule has 2 heterocycles. The van der Waals surface area contributed by atoms with Crippen LogP contribution < -0.4 is 5.56 Å². The largest absolute Gasteiger partial charge is 0.437 e. The summed E-state index contributed by atoms with van der Waals surface area (Å²) in [5, 5.41) is 10.0. The lowest BCUT2D eigenvalue weighted by molar-refractivity contribution is 0.241. The quantitative estimate of drug-likeness (QED) is 0.471. The third-order valence-corrected chi connectivity index (χ3v) is 5.08. The average Bonchev–Trinajstić information content (AvgIpc) is 3.13. The summed E-state index contributed by atoms with van der Waals surface area (Å²) in [7, 11) is 0. The van der Waals surface area contributed by atoms with E-state index in [4.69, 9.17) is 16.0 Å². The molecule has 2 aromatic heterocycles. The van der Waals surface area contributed by atoms with Gasteiger partial charge in [0.25, 0.3) is 5.56 Å². The van der Waals surface area contributed by atoms with Crippen LogP contribution in [0.1, 0.15) is 17.0 Å². The SMILES string of the molecule is Cc1cc(Cl)cc(C)c1-n1cc(-c2nc(CO)oc2-c2ccc(F)cc2F)ccc1=O. The molecular formula is C23H17ClF2N2O3. The van der Waals surface area contributed by atoms with Crippen LogP contribution in [0.4, 0.5) is 8.78 Å². The number of pyridine rings is 1. The molecule has 0 aliphatic carbocycles. The van der Waals surface area contributed by atoms with E-state index in [1.807, 2.05) is 13.8 Å². The Kier molecular flexibility index (Phi) is 5.47. The molecule has 8 heteroatoms. The molecule has 4 rings (SSSR count). The zero-order valence-electron chi connectivity index (χ0n) is 16.6. The van der Waals surface area contributed by atoms with Crippen LogP contribution >= 0.6 is 11.6 Å². The third-order valence-electron chi connectivity index (χ3n) is 4.86. The van der Waals surface area contributed by atoms with Gasteiger partial charge in [0.05, 0.1) is 11.3 Å². The van der Waals surface area contributed by atoms with Crippen molar-refractivity contribution in [3.05, 3.63) is 92.7 Å². The number of aliphatic hydroxyl groups is 1. The van der Waals surface area contributed by atoms with Crippen molar-refractivity contribution >= 4 is 11.6 Å². The minimum atomic E-state index is -0.834. The van der Waals surface area contributed by atoms with Crippen LogP contribution in [0.2, 0.25) is 5.02 Å². The van der Waals surface area contributed by atoms with Crippen LogP contribution in [0.15, 0.2) is 57.9 Å². The molecule has 0 radical (unpaired) electrons. The van der Waals surface area contributed by atoms with Crippen molar-refractivity contribution in [2.24, 2.45) is 0 Å². The normalized spacial score (nSPS) is 11.2. The van der Waals surface area contributed by atoms with Crippen LogP contribution in [0, 0.1) is 25.5 Å². The Morgan fingerprint density at radius 1 is 1.10 bits per heavy atom. The van der Waals surface area contributed by atoms with E-state index in [2.05, 4.69) is 4.98 Å². The van der Waals surface area contributed by atoms with Crippen LogP contribution in [0.3, 0.4) is 0 Å². The summed E-state index contributed by atoms with van der Waals surface area (Å²) < 4.78 is 34.8. The maximum Gasteiger partial charge on any atom is 0.255 e. The highest BCUT2D eigenvalue weighted by Gasteiger charge is 2.21. The monoisotopic (exact) mass is 442 g/mol. The summed E-state index contributed by atoms with van der Waals surface area (Å²) in [6.45, 7) is 3.17. The highest BCUT2D eigenvalue weighted by atomic mass is 35.5. The second-order valence-electron chi connectivity index (χ2n) is 7.08. The first-order valence-corrected chi connectivity index (χ1v) is 9.72. The Balaban J connectivity index is 1.94. The summed E-state index contributed by atoms with van der Waals surface area (Å²) in [5.41, 5.74) is 2.63. The number of aromatic nitrogens is 2. The number of oxazole rings is 1. The minimum absolute atomic E-state index is 0.0137. The summed E-state index contributed by atoms with van der Waals surface area (Å²) in [4.78, 5) is 16.9. The van der Waals surface area contributed by atoms with Crippen LogP contribution in [-0.2, 0) is 6.61 Å². The molecule has 1 N–H and O–H groups in total. The highest BCUT2D eigenvalue weighted by molar-refractivity contribution is 6.30. The zero-order valence-corrected chi connectivity index (χ0v) is 17.4. The summed E-state index contributed by atoms with van der Waals surface area (Å²) in [6.07, 6.45) is 1.56. The van der Waals surface area contributed by atoms with E-state index < -0.39 is 18.2 Å². The molecule has 0 saturated heterocycles. The minimum Gasteiger partial charge on any atom is -0.437 e. The van der Waals surface area contributed by atoms with Gasteiger partial charge in [0.2, 0.25) is 5.89 Å². The highest BCUT2D eigenvalue weighted by Crippen LogP contribution is 2.34. The molecule has 0 bridgehead atoms. The first kappa shape index (κ1) is 21.0. The lowest BCUT2D eigenvalue weighted by Crippen LogP contribution is -2.18. The van der Waals surface area contributed by atoms with Crippen molar-refractivity contribution < 1.29 is 18.3 Å². The average molecular weight is 443 g/mol.